The summed E-state index contributed by atoms with van der Waals surface area (Å²) in [6.07, 6.45) is 2.04. The molecule has 1 aliphatic heterocycles. The molecular formula is C11H12O2. The molecule has 1 aromatic rings. The Hall–Kier alpha value is -1.12. The number of hydrogen-bond acceptors (Lipinski definition) is 2. The number of rotatable bonds is 1. The van der Waals surface area contributed by atoms with E-state index in [4.69, 9.17) is 9.78 Å². The van der Waals surface area contributed by atoms with Gasteiger partial charge in [-0.05, 0) is 24.1 Å². The Morgan fingerprint density at radius 3 is 2.69 bits per heavy atom. The predicted octanol–water partition coefficient (Wildman–Crippen LogP) is 2.64. The molecule has 0 aromatic heterocycles. The Morgan fingerprint density at radius 2 is 2.00 bits per heavy atom. The van der Waals surface area contributed by atoms with Gasteiger partial charge >= 0.3 is 0 Å². The van der Waals surface area contributed by atoms with Crippen molar-refractivity contribution in [3.63, 3.8) is 0 Å². The van der Waals surface area contributed by atoms with E-state index in [2.05, 4.69) is 6.08 Å². The molecule has 2 nitrogen and oxygen atoms in total. The summed E-state index contributed by atoms with van der Waals surface area (Å²) in [5.74, 6) is 0. The Morgan fingerprint density at radius 1 is 1.23 bits per heavy atom. The summed E-state index contributed by atoms with van der Waals surface area (Å²) in [5, 5.41) is 0. The molecule has 2 rings (SSSR count). The summed E-state index contributed by atoms with van der Waals surface area (Å²) in [4.78, 5) is 10.1. The van der Waals surface area contributed by atoms with Gasteiger partial charge in [0, 0.05) is 0 Å². The van der Waals surface area contributed by atoms with E-state index in [0.717, 1.165) is 5.56 Å². The second-order valence-electron chi connectivity index (χ2n) is 3.20. The molecule has 0 amide bonds. The quantitative estimate of drug-likeness (QED) is 0.483. The van der Waals surface area contributed by atoms with Gasteiger partial charge in [-0.25, -0.2) is 9.78 Å². The van der Waals surface area contributed by atoms with E-state index in [0.29, 0.717) is 6.61 Å². The van der Waals surface area contributed by atoms with Crippen molar-refractivity contribution in [3.05, 3.63) is 47.5 Å². The molecule has 68 valence electrons. The summed E-state index contributed by atoms with van der Waals surface area (Å²) < 4.78 is 0. The molecular weight excluding hydrogens is 164 g/mol. The molecule has 1 aliphatic rings. The van der Waals surface area contributed by atoms with Crippen molar-refractivity contribution in [1.29, 1.82) is 0 Å². The highest BCUT2D eigenvalue weighted by Crippen LogP contribution is 2.23. The third-order valence-corrected chi connectivity index (χ3v) is 2.02. The lowest BCUT2D eigenvalue weighted by molar-refractivity contribution is -0.318. The van der Waals surface area contributed by atoms with Crippen molar-refractivity contribution in [3.8, 4) is 0 Å². The second-order valence-corrected chi connectivity index (χ2v) is 3.20. The third-order valence-electron chi connectivity index (χ3n) is 2.02. The van der Waals surface area contributed by atoms with Crippen LogP contribution in [0.3, 0.4) is 0 Å². The van der Waals surface area contributed by atoms with Crippen LogP contribution in [0.15, 0.2) is 42.0 Å². The van der Waals surface area contributed by atoms with Crippen molar-refractivity contribution >= 4 is 0 Å². The van der Waals surface area contributed by atoms with Crippen molar-refractivity contribution < 1.29 is 9.78 Å². The maximum absolute atomic E-state index is 5.16. The predicted molar refractivity (Wildman–Crippen MR) is 50.0 cm³/mol. The van der Waals surface area contributed by atoms with Gasteiger partial charge in [0.15, 0.2) is 0 Å². The smallest absolute Gasteiger partial charge is 0.136 e. The van der Waals surface area contributed by atoms with Gasteiger partial charge in [-0.2, -0.15) is 0 Å². The van der Waals surface area contributed by atoms with Crippen LogP contribution in [0.2, 0.25) is 0 Å². The first-order valence-corrected chi connectivity index (χ1v) is 4.37. The Labute approximate surface area is 77.7 Å². The average molecular weight is 176 g/mol. The standard InChI is InChI=1S/C11H12O2/c1-9-7-11(13-12-8-9)10-5-3-2-4-6-10/h2-7,11H,8H2,1H3. The molecule has 1 aromatic carbocycles. The molecule has 0 bridgehead atoms. The van der Waals surface area contributed by atoms with Gasteiger partial charge in [-0.15, -0.1) is 0 Å². The summed E-state index contributed by atoms with van der Waals surface area (Å²) in [6, 6.07) is 10.0. The van der Waals surface area contributed by atoms with Crippen LogP contribution in [-0.2, 0) is 9.78 Å². The zero-order chi connectivity index (χ0) is 9.10. The molecule has 13 heavy (non-hydrogen) atoms. The van der Waals surface area contributed by atoms with Crippen molar-refractivity contribution in [2.45, 2.75) is 13.0 Å². The topological polar surface area (TPSA) is 18.5 Å². The minimum Gasteiger partial charge on any atom is -0.231 e. The molecule has 0 spiro atoms. The third kappa shape index (κ3) is 1.97. The van der Waals surface area contributed by atoms with Crippen LogP contribution in [0.5, 0.6) is 0 Å². The fourth-order valence-electron chi connectivity index (χ4n) is 1.33. The highest BCUT2D eigenvalue weighted by Gasteiger charge is 2.14. The van der Waals surface area contributed by atoms with Crippen LogP contribution in [0, 0.1) is 0 Å². The van der Waals surface area contributed by atoms with E-state index in [9.17, 15) is 0 Å². The zero-order valence-electron chi connectivity index (χ0n) is 7.57. The lowest BCUT2D eigenvalue weighted by atomic mass is 10.1. The SMILES string of the molecule is CC1=CC(c2ccccc2)OOC1. The molecule has 1 atom stereocenters. The van der Waals surface area contributed by atoms with Crippen LogP contribution in [-0.4, -0.2) is 6.61 Å². The van der Waals surface area contributed by atoms with Gasteiger partial charge in [0.2, 0.25) is 0 Å². The molecule has 1 unspecified atom stereocenters. The highest BCUT2D eigenvalue weighted by atomic mass is 17.2. The van der Waals surface area contributed by atoms with Crippen LogP contribution >= 0.6 is 0 Å². The van der Waals surface area contributed by atoms with E-state index in [-0.39, 0.29) is 6.10 Å². The Kier molecular flexibility index (Phi) is 2.43. The summed E-state index contributed by atoms with van der Waals surface area (Å²) in [7, 11) is 0. The zero-order valence-corrected chi connectivity index (χ0v) is 7.57. The monoisotopic (exact) mass is 176 g/mol. The van der Waals surface area contributed by atoms with E-state index in [1.807, 2.05) is 37.3 Å². The lowest BCUT2D eigenvalue weighted by Crippen LogP contribution is -2.10. The summed E-state index contributed by atoms with van der Waals surface area (Å²) >= 11 is 0. The molecule has 0 saturated heterocycles. The summed E-state index contributed by atoms with van der Waals surface area (Å²) in [5.41, 5.74) is 2.33. The van der Waals surface area contributed by atoms with Crippen LogP contribution in [0.1, 0.15) is 18.6 Å². The van der Waals surface area contributed by atoms with Gasteiger partial charge < -0.3 is 0 Å². The maximum Gasteiger partial charge on any atom is 0.136 e. The fraction of sp³-hybridized carbons (Fsp3) is 0.273. The number of benzene rings is 1. The Balaban J connectivity index is 2.22. The normalized spacial score (nSPS) is 22.5. The molecule has 0 fully saturated rings. The van der Waals surface area contributed by atoms with Gasteiger partial charge in [-0.1, -0.05) is 30.3 Å². The molecule has 2 heteroatoms. The van der Waals surface area contributed by atoms with Crippen LogP contribution in [0.25, 0.3) is 0 Å². The number of hydrogen-bond donors (Lipinski definition) is 0. The van der Waals surface area contributed by atoms with Crippen molar-refractivity contribution in [2.75, 3.05) is 6.61 Å². The van der Waals surface area contributed by atoms with Gasteiger partial charge in [-0.3, -0.25) is 0 Å². The van der Waals surface area contributed by atoms with E-state index >= 15 is 0 Å². The maximum atomic E-state index is 5.16. The van der Waals surface area contributed by atoms with Crippen LogP contribution in [0.4, 0.5) is 0 Å². The molecule has 0 radical (unpaired) electrons. The molecule has 1 heterocycles. The van der Waals surface area contributed by atoms with E-state index in [1.165, 1.54) is 5.57 Å². The Bertz CT molecular complexity index is 303. The van der Waals surface area contributed by atoms with Gasteiger partial charge in [0.05, 0.1) is 0 Å². The van der Waals surface area contributed by atoms with E-state index in [1.54, 1.807) is 0 Å². The average Bonchev–Trinajstić information content (AvgIpc) is 2.19. The minimum atomic E-state index is -0.0463. The first-order valence-electron chi connectivity index (χ1n) is 4.37. The minimum absolute atomic E-state index is 0.0463. The summed E-state index contributed by atoms with van der Waals surface area (Å²) in [6.45, 7) is 2.61. The molecule has 0 saturated carbocycles. The van der Waals surface area contributed by atoms with Crippen LogP contribution < -0.4 is 0 Å². The van der Waals surface area contributed by atoms with Gasteiger partial charge in [0.25, 0.3) is 0 Å². The lowest BCUT2D eigenvalue weighted by Gasteiger charge is -2.19. The molecule has 0 aliphatic carbocycles. The first kappa shape index (κ1) is 8.48. The fourth-order valence-corrected chi connectivity index (χ4v) is 1.33. The van der Waals surface area contributed by atoms with Gasteiger partial charge in [0.1, 0.15) is 12.7 Å². The highest BCUT2D eigenvalue weighted by molar-refractivity contribution is 5.23. The van der Waals surface area contributed by atoms with Crippen molar-refractivity contribution in [2.24, 2.45) is 0 Å². The molecule has 0 N–H and O–H groups in total. The second kappa shape index (κ2) is 3.73. The van der Waals surface area contributed by atoms with E-state index < -0.39 is 0 Å². The largest absolute Gasteiger partial charge is 0.231 e. The first-order chi connectivity index (χ1) is 6.36. The van der Waals surface area contributed by atoms with Crippen molar-refractivity contribution in [1.82, 2.24) is 0 Å².